The van der Waals surface area contributed by atoms with Gasteiger partial charge in [0.2, 0.25) is 0 Å². The molecule has 2 atom stereocenters. The van der Waals surface area contributed by atoms with E-state index in [1.807, 2.05) is 21.1 Å². The number of aliphatic carboxylic acids is 1. The molecule has 0 aromatic heterocycles. The van der Waals surface area contributed by atoms with Crippen molar-refractivity contribution in [3.63, 3.8) is 0 Å². The van der Waals surface area contributed by atoms with Crippen LogP contribution in [-0.2, 0) is 33.3 Å². The predicted octanol–water partition coefficient (Wildman–Crippen LogP) is 25.0. The van der Waals surface area contributed by atoms with Crippen molar-refractivity contribution in [3.05, 3.63) is 72.9 Å². The lowest BCUT2D eigenvalue weighted by Crippen LogP contribution is -2.44. The number of carboxylic acids is 1. The van der Waals surface area contributed by atoms with Crippen LogP contribution in [0.3, 0.4) is 0 Å². The maximum atomic E-state index is 13.0. The van der Waals surface area contributed by atoms with Crippen molar-refractivity contribution in [2.24, 2.45) is 0 Å². The lowest BCUT2D eigenvalue weighted by molar-refractivity contribution is -0.870. The number of allylic oxidation sites excluding steroid dienone is 12. The molecule has 0 fully saturated rings. The monoisotopic (exact) mass is 1330 g/mol. The third-order valence-electron chi connectivity index (χ3n) is 18.4. The Balaban J connectivity index is 3.95. The van der Waals surface area contributed by atoms with Crippen molar-refractivity contribution in [2.45, 2.75) is 411 Å². The van der Waals surface area contributed by atoms with E-state index in [4.69, 9.17) is 18.9 Å². The molecule has 9 nitrogen and oxygen atoms in total. The first-order valence-electron chi connectivity index (χ1n) is 41.1. The predicted molar refractivity (Wildman–Crippen MR) is 408 cm³/mol. The Morgan fingerprint density at radius 1 is 0.326 bits per heavy atom. The fourth-order valence-electron chi connectivity index (χ4n) is 12.2. The second-order valence-corrected chi connectivity index (χ2v) is 29.0. The van der Waals surface area contributed by atoms with E-state index in [0.29, 0.717) is 17.4 Å². The maximum Gasteiger partial charge on any atom is 0.306 e. The molecule has 2 unspecified atom stereocenters. The van der Waals surface area contributed by atoms with Crippen LogP contribution in [0.25, 0.3) is 0 Å². The first-order valence-corrected chi connectivity index (χ1v) is 41.1. The van der Waals surface area contributed by atoms with Crippen molar-refractivity contribution >= 4 is 17.9 Å². The fourth-order valence-corrected chi connectivity index (χ4v) is 12.2. The number of carbonyl (C=O) groups excluding carboxylic acids is 3. The van der Waals surface area contributed by atoms with Gasteiger partial charge in [-0.15, -0.1) is 0 Å². The Hall–Kier alpha value is -3.27. The van der Waals surface area contributed by atoms with Gasteiger partial charge in [-0.2, -0.15) is 0 Å². The van der Waals surface area contributed by atoms with Gasteiger partial charge in [0.05, 0.1) is 40.3 Å². The van der Waals surface area contributed by atoms with E-state index in [1.54, 1.807) is 0 Å². The van der Waals surface area contributed by atoms with Crippen molar-refractivity contribution in [1.29, 1.82) is 0 Å². The van der Waals surface area contributed by atoms with E-state index < -0.39 is 24.3 Å². The van der Waals surface area contributed by atoms with E-state index in [2.05, 4.69) is 86.8 Å². The molecule has 0 saturated carbocycles. The number of hydrogen-bond acceptors (Lipinski definition) is 8. The molecule has 0 bridgehead atoms. The number of quaternary nitrogens is 1. The van der Waals surface area contributed by atoms with Gasteiger partial charge in [-0.3, -0.25) is 9.59 Å². The van der Waals surface area contributed by atoms with Gasteiger partial charge >= 0.3 is 11.9 Å². The van der Waals surface area contributed by atoms with E-state index >= 15 is 0 Å². The minimum absolute atomic E-state index is 0.150. The molecule has 0 aromatic carbocycles. The Kier molecular flexibility index (Phi) is 73.9. The topological polar surface area (TPSA) is 111 Å². The average molecular weight is 1330 g/mol. The van der Waals surface area contributed by atoms with Crippen molar-refractivity contribution in [1.82, 2.24) is 0 Å². The minimum atomic E-state index is -1.62. The SMILES string of the molecule is CC/C=C\C/C=C\C/C=C\C/C=C\CCCCCCCCCCCCCCCCCCCCCCCCCCCCC(=O)OC(COC(=O)CCCCCCCCCCCCCCCCCCCCC/C=C\C/C=C\CCCCCCC)COC(OCC[N+](C)(C)C)C(=O)[O-]. The zero-order valence-corrected chi connectivity index (χ0v) is 63.6. The molecule has 95 heavy (non-hydrogen) atoms. The molecule has 0 aliphatic rings. The smallest absolute Gasteiger partial charge is 0.306 e. The number of carbonyl (C=O) groups is 3. The summed E-state index contributed by atoms with van der Waals surface area (Å²) in [6, 6.07) is 0. The summed E-state index contributed by atoms with van der Waals surface area (Å²) >= 11 is 0. The van der Waals surface area contributed by atoms with Crippen molar-refractivity contribution < 1.29 is 42.9 Å². The van der Waals surface area contributed by atoms with Crippen LogP contribution >= 0.6 is 0 Å². The zero-order valence-electron chi connectivity index (χ0n) is 63.6. The van der Waals surface area contributed by atoms with E-state index in [9.17, 15) is 19.5 Å². The summed E-state index contributed by atoms with van der Waals surface area (Å²) in [5.74, 6) is -2.25. The molecule has 0 rings (SSSR count). The number of nitrogens with zero attached hydrogens (tertiary/aromatic N) is 1. The van der Waals surface area contributed by atoms with Crippen LogP contribution in [0.15, 0.2) is 72.9 Å². The summed E-state index contributed by atoms with van der Waals surface area (Å²) in [4.78, 5) is 37.6. The maximum absolute atomic E-state index is 13.0. The Morgan fingerprint density at radius 3 is 0.895 bits per heavy atom. The second-order valence-electron chi connectivity index (χ2n) is 29.0. The Morgan fingerprint density at radius 2 is 0.600 bits per heavy atom. The normalized spacial score (nSPS) is 13.0. The summed E-state index contributed by atoms with van der Waals surface area (Å²) < 4.78 is 22.9. The number of carboxylic acid groups (broad SMARTS) is 1. The standard InChI is InChI=1S/C86H157NO8/c1-6-8-10-12-14-16-18-20-22-24-26-28-30-32-34-36-38-39-40-41-42-43-44-45-47-49-51-53-55-57-59-61-63-65-67-69-71-73-75-77-84(89)95-82(81-94-86(85(90)91)92-79-78-87(3,4)5)80-93-83(88)76-74-72-70-68-66-64-62-60-58-56-54-52-50-48-46-37-35-33-31-29-27-25-23-21-19-17-15-13-11-9-7-2/h8,10,14,16,19-22,25-28,82,86H,6-7,9,11-13,15,17-18,23-24,29-81H2,1-5H3/b10-8-,16-14-,21-19-,22-20-,27-25-,28-26-. The molecule has 0 saturated heterocycles. The van der Waals surface area contributed by atoms with Crippen molar-refractivity contribution in [3.8, 4) is 0 Å². The number of hydrogen-bond donors (Lipinski definition) is 0. The quantitative estimate of drug-likeness (QED) is 0.0195. The number of rotatable bonds is 77. The van der Waals surface area contributed by atoms with Crippen LogP contribution in [0.1, 0.15) is 399 Å². The minimum Gasteiger partial charge on any atom is -0.545 e. The Labute approximate surface area is 589 Å². The molecule has 9 heteroatoms. The van der Waals surface area contributed by atoms with Gasteiger partial charge in [0, 0.05) is 12.8 Å². The highest BCUT2D eigenvalue weighted by Gasteiger charge is 2.22. The lowest BCUT2D eigenvalue weighted by Gasteiger charge is -2.26. The van der Waals surface area contributed by atoms with Gasteiger partial charge < -0.3 is 33.3 Å². The van der Waals surface area contributed by atoms with Crippen LogP contribution < -0.4 is 5.11 Å². The molecule has 0 aromatic rings. The Bertz CT molecular complexity index is 1790. The highest BCUT2D eigenvalue weighted by molar-refractivity contribution is 5.70. The van der Waals surface area contributed by atoms with Crippen LogP contribution in [0.5, 0.6) is 0 Å². The summed E-state index contributed by atoms with van der Waals surface area (Å²) in [5.41, 5.74) is 0. The van der Waals surface area contributed by atoms with Gasteiger partial charge in [-0.25, -0.2) is 0 Å². The third kappa shape index (κ3) is 77.9. The highest BCUT2D eigenvalue weighted by atomic mass is 16.7. The number of esters is 2. The zero-order chi connectivity index (χ0) is 69.0. The highest BCUT2D eigenvalue weighted by Crippen LogP contribution is 2.20. The molecule has 0 heterocycles. The summed E-state index contributed by atoms with van der Waals surface area (Å²) in [5, 5.41) is 11.9. The molecule has 0 aliphatic carbocycles. The summed E-state index contributed by atoms with van der Waals surface area (Å²) in [6.07, 6.45) is 100. The van der Waals surface area contributed by atoms with Crippen molar-refractivity contribution in [2.75, 3.05) is 47.5 Å². The van der Waals surface area contributed by atoms with Crippen LogP contribution in [-0.4, -0.2) is 82.3 Å². The van der Waals surface area contributed by atoms with Crippen LogP contribution in [0.4, 0.5) is 0 Å². The first kappa shape index (κ1) is 91.7. The molecule has 0 N–H and O–H groups in total. The van der Waals surface area contributed by atoms with E-state index in [-0.39, 0.29) is 32.2 Å². The lowest BCUT2D eigenvalue weighted by atomic mass is 10.0. The van der Waals surface area contributed by atoms with Crippen LogP contribution in [0, 0.1) is 0 Å². The number of ether oxygens (including phenoxy) is 4. The average Bonchev–Trinajstić information content (AvgIpc) is 2.92. The van der Waals surface area contributed by atoms with Crippen LogP contribution in [0.2, 0.25) is 0 Å². The van der Waals surface area contributed by atoms with Gasteiger partial charge in [0.25, 0.3) is 0 Å². The number of likely N-dealkylation sites (N-methyl/N-ethyl adjacent to an activating group) is 1. The molecule has 554 valence electrons. The molecular weight excluding hydrogens is 1170 g/mol. The molecule has 0 spiro atoms. The van der Waals surface area contributed by atoms with Gasteiger partial charge in [-0.05, 0) is 83.5 Å². The molecular formula is C86H157NO8. The molecule has 0 amide bonds. The second kappa shape index (κ2) is 76.5. The van der Waals surface area contributed by atoms with Gasteiger partial charge in [-0.1, -0.05) is 376 Å². The van der Waals surface area contributed by atoms with E-state index in [1.165, 1.54) is 302 Å². The summed E-state index contributed by atoms with van der Waals surface area (Å²) in [7, 11) is 5.95. The largest absolute Gasteiger partial charge is 0.545 e. The summed E-state index contributed by atoms with van der Waals surface area (Å²) in [6.45, 7) is 4.69. The van der Waals surface area contributed by atoms with Gasteiger partial charge in [0.15, 0.2) is 12.4 Å². The number of unbranched alkanes of at least 4 members (excludes halogenated alkanes) is 50. The first-order chi connectivity index (χ1) is 46.6. The molecule has 0 aliphatic heterocycles. The van der Waals surface area contributed by atoms with Gasteiger partial charge in [0.1, 0.15) is 13.2 Å². The third-order valence-corrected chi connectivity index (χ3v) is 18.4. The van der Waals surface area contributed by atoms with E-state index in [0.717, 1.165) is 70.6 Å². The molecule has 0 radical (unpaired) electrons. The fraction of sp³-hybridized carbons (Fsp3) is 0.826.